The molecule has 2 heterocycles. The van der Waals surface area contributed by atoms with Crippen LogP contribution in [0.15, 0.2) is 6.20 Å². The third-order valence-corrected chi connectivity index (χ3v) is 4.99. The molecule has 1 saturated heterocycles. The van der Waals surface area contributed by atoms with Crippen LogP contribution in [-0.2, 0) is 9.53 Å². The summed E-state index contributed by atoms with van der Waals surface area (Å²) < 4.78 is 4.67. The van der Waals surface area contributed by atoms with Gasteiger partial charge in [-0.1, -0.05) is 20.7 Å². The fourth-order valence-electron chi connectivity index (χ4n) is 3.55. The first kappa shape index (κ1) is 16.9. The zero-order chi connectivity index (χ0) is 17.4. The summed E-state index contributed by atoms with van der Waals surface area (Å²) >= 11 is 0. The lowest BCUT2D eigenvalue weighted by Gasteiger charge is -2.31. The number of rotatable bonds is 5. The van der Waals surface area contributed by atoms with Gasteiger partial charge in [-0.2, -0.15) is 0 Å². The monoisotopic (exact) mass is 331 g/mol. The largest absolute Gasteiger partial charge is 0.453 e. The number of carbonyl (C=O) groups excluding carboxylic acids is 2. The van der Waals surface area contributed by atoms with Gasteiger partial charge in [0.05, 0.1) is 13.2 Å². The third kappa shape index (κ3) is 3.01. The number of hydrogen-bond acceptors (Lipinski definition) is 4. The molecule has 8 heteroatoms. The van der Waals surface area contributed by atoms with Gasteiger partial charge in [-0.25, -0.2) is 9.78 Å². The molecule has 1 aromatic heterocycles. The second-order valence-corrected chi connectivity index (χ2v) is 6.93. The van der Waals surface area contributed by atoms with Crippen LogP contribution in [0.1, 0.15) is 38.6 Å². The Hall–Kier alpha value is -1.99. The molecule has 4 atom stereocenters. The lowest BCUT2D eigenvalue weighted by molar-refractivity contribution is -0.136. The summed E-state index contributed by atoms with van der Waals surface area (Å²) in [5.74, 6) is 1.29. The average Bonchev–Trinajstić information content (AvgIpc) is 3.01. The van der Waals surface area contributed by atoms with Crippen molar-refractivity contribution in [3.05, 3.63) is 12.0 Å². The Balaban J connectivity index is 1.81. The molecule has 2 aliphatic rings. The molecule has 1 aliphatic heterocycles. The molecule has 0 spiro atoms. The van der Waals surface area contributed by atoms with Gasteiger partial charge in [0.1, 0.15) is 11.9 Å². The Morgan fingerprint density at radius 2 is 2.21 bits per heavy atom. The lowest BCUT2D eigenvalue weighted by atomic mass is 9.79. The number of nitrogens with one attached hydrogen (secondary N) is 2. The van der Waals surface area contributed by atoms with Crippen LogP contribution in [0, 0.1) is 11.8 Å². The first-order valence-electron chi connectivity index (χ1n) is 8.47. The summed E-state index contributed by atoms with van der Waals surface area (Å²) in [5.41, 5.74) is 0.950. The predicted octanol–water partition coefficient (Wildman–Crippen LogP) is 0.830. The highest BCUT2D eigenvalue weighted by Crippen LogP contribution is 2.53. The molecule has 3 rings (SSSR count). The second kappa shape index (κ2) is 6.49. The standard InChI is InChI=1S/C16H24BN4O3/c1-8(2)13(20-16(23)24-4)15(22)21-10-5-9(10)6-11(21)14-18-7-12(17-3)19-14/h7-11,13H,5-6H2,1-4H3,(H,18,19)(H,20,23)/t9?,10?,11-,13-/m0/s1. The number of aromatic nitrogens is 2. The number of aromatic amines is 1. The maximum Gasteiger partial charge on any atom is 0.407 e. The number of alkyl carbamates (subject to hydrolysis) is 1. The van der Waals surface area contributed by atoms with Gasteiger partial charge in [-0.15, -0.1) is 0 Å². The van der Waals surface area contributed by atoms with E-state index in [1.807, 2.05) is 32.8 Å². The van der Waals surface area contributed by atoms with E-state index in [0.717, 1.165) is 24.3 Å². The molecule has 0 aromatic carbocycles. The Bertz CT molecular complexity index is 633. The summed E-state index contributed by atoms with van der Waals surface area (Å²) in [6.07, 6.45) is 3.18. The number of fused-ring (bicyclic) bond motifs is 1. The van der Waals surface area contributed by atoms with Gasteiger partial charge >= 0.3 is 6.09 Å². The minimum absolute atomic E-state index is 0.0220. The van der Waals surface area contributed by atoms with E-state index in [9.17, 15) is 9.59 Å². The van der Waals surface area contributed by atoms with E-state index >= 15 is 0 Å². The van der Waals surface area contributed by atoms with E-state index in [0.29, 0.717) is 5.92 Å². The minimum Gasteiger partial charge on any atom is -0.453 e. The van der Waals surface area contributed by atoms with Crippen molar-refractivity contribution < 1.29 is 14.3 Å². The van der Waals surface area contributed by atoms with E-state index in [4.69, 9.17) is 0 Å². The normalized spacial score (nSPS) is 26.0. The van der Waals surface area contributed by atoms with Crippen molar-refractivity contribution in [1.82, 2.24) is 20.2 Å². The number of ether oxygens (including phenoxy) is 1. The quantitative estimate of drug-likeness (QED) is 0.783. The van der Waals surface area contributed by atoms with Crippen molar-refractivity contribution in [2.24, 2.45) is 11.8 Å². The molecule has 1 radical (unpaired) electrons. The number of amides is 2. The molecule has 2 amide bonds. The SMILES string of the molecule is C[B]c1cnc([C@@H]2CC3CC3N2C(=O)[C@@H](NC(=O)OC)C(C)C)[nH]1. The number of piperidine rings is 1. The summed E-state index contributed by atoms with van der Waals surface area (Å²) in [7, 11) is 3.26. The molecule has 0 bridgehead atoms. The average molecular weight is 331 g/mol. The number of nitrogens with zero attached hydrogens (tertiary/aromatic N) is 2. The highest BCUT2D eigenvalue weighted by molar-refractivity contribution is 6.50. The number of carbonyl (C=O) groups is 2. The highest BCUT2D eigenvalue weighted by Gasteiger charge is 2.56. The fourth-order valence-corrected chi connectivity index (χ4v) is 3.55. The van der Waals surface area contributed by atoms with Gasteiger partial charge in [0, 0.05) is 12.2 Å². The van der Waals surface area contributed by atoms with Crippen molar-refractivity contribution >= 4 is 24.9 Å². The van der Waals surface area contributed by atoms with E-state index < -0.39 is 12.1 Å². The Kier molecular flexibility index (Phi) is 4.56. The van der Waals surface area contributed by atoms with E-state index in [2.05, 4.69) is 20.0 Å². The summed E-state index contributed by atoms with van der Waals surface area (Å²) in [4.78, 5) is 34.4. The van der Waals surface area contributed by atoms with Gasteiger partial charge in [0.25, 0.3) is 0 Å². The van der Waals surface area contributed by atoms with Crippen molar-refractivity contribution in [2.75, 3.05) is 7.11 Å². The van der Waals surface area contributed by atoms with Crippen LogP contribution in [0.2, 0.25) is 6.82 Å². The topological polar surface area (TPSA) is 87.3 Å². The number of hydrogen-bond donors (Lipinski definition) is 2. The Labute approximate surface area is 142 Å². The van der Waals surface area contributed by atoms with Gasteiger partial charge in [-0.3, -0.25) is 4.79 Å². The zero-order valence-corrected chi connectivity index (χ0v) is 14.6. The Morgan fingerprint density at radius 3 is 2.79 bits per heavy atom. The molecule has 1 aromatic rings. The maximum atomic E-state index is 13.1. The molecule has 7 nitrogen and oxygen atoms in total. The van der Waals surface area contributed by atoms with Crippen molar-refractivity contribution in [3.63, 3.8) is 0 Å². The second-order valence-electron chi connectivity index (χ2n) is 6.93. The molecule has 1 saturated carbocycles. The van der Waals surface area contributed by atoms with Gasteiger partial charge in [-0.05, 0) is 30.3 Å². The minimum atomic E-state index is -0.591. The summed E-state index contributed by atoms with van der Waals surface area (Å²) in [6, 6.07) is -0.371. The molecule has 129 valence electrons. The highest BCUT2D eigenvalue weighted by atomic mass is 16.5. The van der Waals surface area contributed by atoms with Crippen molar-refractivity contribution in [2.45, 2.75) is 51.6 Å². The first-order chi connectivity index (χ1) is 11.5. The van der Waals surface area contributed by atoms with Crippen LogP contribution < -0.4 is 10.9 Å². The molecular formula is C16H24BN4O3. The van der Waals surface area contributed by atoms with E-state index in [1.165, 1.54) is 7.11 Å². The first-order valence-corrected chi connectivity index (χ1v) is 8.47. The Morgan fingerprint density at radius 1 is 1.46 bits per heavy atom. The van der Waals surface area contributed by atoms with Crippen molar-refractivity contribution in [3.8, 4) is 0 Å². The molecule has 2 N–H and O–H groups in total. The van der Waals surface area contributed by atoms with Gasteiger partial charge in [0.15, 0.2) is 7.28 Å². The number of methoxy groups -OCH3 is 1. The van der Waals surface area contributed by atoms with Crippen molar-refractivity contribution in [1.29, 1.82) is 0 Å². The van der Waals surface area contributed by atoms with Crippen LogP contribution in [0.25, 0.3) is 0 Å². The van der Waals surface area contributed by atoms with E-state index in [-0.39, 0.29) is 23.9 Å². The summed E-state index contributed by atoms with van der Waals surface area (Å²) in [6.45, 7) is 5.79. The zero-order valence-electron chi connectivity index (χ0n) is 14.6. The summed E-state index contributed by atoms with van der Waals surface area (Å²) in [5, 5.41) is 2.68. The van der Waals surface area contributed by atoms with E-state index in [1.54, 1.807) is 6.20 Å². The molecule has 1 aliphatic carbocycles. The molecule has 2 unspecified atom stereocenters. The maximum absolute atomic E-state index is 13.1. The number of imidazole rings is 1. The molecular weight excluding hydrogens is 307 g/mol. The van der Waals surface area contributed by atoms with Crippen LogP contribution in [0.4, 0.5) is 4.79 Å². The number of H-pyrrole nitrogens is 1. The van der Waals surface area contributed by atoms with Crippen LogP contribution in [0.3, 0.4) is 0 Å². The smallest absolute Gasteiger partial charge is 0.407 e. The van der Waals surface area contributed by atoms with Crippen LogP contribution in [0.5, 0.6) is 0 Å². The predicted molar refractivity (Wildman–Crippen MR) is 90.1 cm³/mol. The fraction of sp³-hybridized carbons (Fsp3) is 0.688. The van der Waals surface area contributed by atoms with Crippen LogP contribution in [-0.4, -0.2) is 53.3 Å². The third-order valence-electron chi connectivity index (χ3n) is 4.99. The van der Waals surface area contributed by atoms with Crippen LogP contribution >= 0.6 is 0 Å². The van der Waals surface area contributed by atoms with Gasteiger partial charge in [0.2, 0.25) is 5.91 Å². The molecule has 2 fully saturated rings. The van der Waals surface area contributed by atoms with Gasteiger partial charge < -0.3 is 19.9 Å². The lowest BCUT2D eigenvalue weighted by Crippen LogP contribution is -2.52. The molecule has 24 heavy (non-hydrogen) atoms. The number of likely N-dealkylation sites (tertiary alicyclic amines) is 1.